The first kappa shape index (κ1) is 14.1. The van der Waals surface area contributed by atoms with Crippen LogP contribution in [-0.2, 0) is 11.2 Å². The molecule has 0 saturated heterocycles. The molecule has 94 valence electrons. The number of thiophene rings is 1. The van der Waals surface area contributed by atoms with Gasteiger partial charge in [0.2, 0.25) is 5.91 Å². The molecule has 3 amide bonds. The van der Waals surface area contributed by atoms with Crippen LogP contribution in [0.25, 0.3) is 0 Å². The van der Waals surface area contributed by atoms with Gasteiger partial charge in [-0.2, -0.15) is 0 Å². The summed E-state index contributed by atoms with van der Waals surface area (Å²) in [6.45, 7) is 0.291. The minimum Gasteiger partial charge on any atom is -0.354 e. The number of hydrogen-bond donors (Lipinski definition) is 3. The average Bonchev–Trinajstić information content (AvgIpc) is 2.55. The third-order valence-electron chi connectivity index (χ3n) is 1.87. The van der Waals surface area contributed by atoms with Gasteiger partial charge in [-0.25, -0.2) is 4.79 Å². The number of carbonyl (C=O) groups is 2. The van der Waals surface area contributed by atoms with Gasteiger partial charge in [-0.3, -0.25) is 4.79 Å². The van der Waals surface area contributed by atoms with Gasteiger partial charge >= 0.3 is 6.03 Å². The summed E-state index contributed by atoms with van der Waals surface area (Å²) in [7, 11) is 0. The van der Waals surface area contributed by atoms with E-state index < -0.39 is 6.03 Å². The monoisotopic (exact) mass is 295 g/mol. The molecule has 5 nitrogen and oxygen atoms in total. The first-order chi connectivity index (χ1) is 7.99. The molecule has 0 radical (unpaired) electrons. The number of primary amides is 1. The van der Waals surface area contributed by atoms with E-state index >= 15 is 0 Å². The van der Waals surface area contributed by atoms with Gasteiger partial charge in [0.05, 0.1) is 15.2 Å². The fourth-order valence-electron chi connectivity index (χ4n) is 1.11. The van der Waals surface area contributed by atoms with Crippen molar-refractivity contribution in [3.05, 3.63) is 20.3 Å². The van der Waals surface area contributed by atoms with Crippen LogP contribution in [0, 0.1) is 0 Å². The number of urea groups is 1. The van der Waals surface area contributed by atoms with Crippen LogP contribution in [0.3, 0.4) is 0 Å². The Labute approximate surface area is 112 Å². The standard InChI is InChI=1S/C9H11Cl2N3O2S/c10-6-3-5(8(11)17-6)1-2-13-7(15)4-14-9(12)16/h3H,1-2,4H2,(H,13,15)(H3,12,14,16). The molecule has 0 fully saturated rings. The predicted octanol–water partition coefficient (Wildman–Crippen LogP) is 1.38. The van der Waals surface area contributed by atoms with E-state index in [4.69, 9.17) is 28.9 Å². The Balaban J connectivity index is 2.26. The van der Waals surface area contributed by atoms with Crippen LogP contribution in [0.2, 0.25) is 8.67 Å². The van der Waals surface area contributed by atoms with Gasteiger partial charge in [-0.05, 0) is 18.1 Å². The highest BCUT2D eigenvalue weighted by molar-refractivity contribution is 7.20. The van der Waals surface area contributed by atoms with Crippen molar-refractivity contribution in [2.75, 3.05) is 13.1 Å². The minimum absolute atomic E-state index is 0.131. The van der Waals surface area contributed by atoms with Gasteiger partial charge in [0.15, 0.2) is 0 Å². The Morgan fingerprint density at radius 1 is 1.35 bits per heavy atom. The van der Waals surface area contributed by atoms with Crippen molar-refractivity contribution >= 4 is 46.5 Å². The van der Waals surface area contributed by atoms with Crippen LogP contribution in [-0.4, -0.2) is 25.0 Å². The van der Waals surface area contributed by atoms with Crippen molar-refractivity contribution in [3.8, 4) is 0 Å². The van der Waals surface area contributed by atoms with Crippen molar-refractivity contribution in [3.63, 3.8) is 0 Å². The van der Waals surface area contributed by atoms with E-state index in [0.717, 1.165) is 5.56 Å². The van der Waals surface area contributed by atoms with E-state index in [2.05, 4.69) is 10.6 Å². The van der Waals surface area contributed by atoms with Gasteiger partial charge in [-0.15, -0.1) is 11.3 Å². The Kier molecular flexibility index (Phi) is 5.54. The van der Waals surface area contributed by atoms with Crippen molar-refractivity contribution in [1.29, 1.82) is 0 Å². The maximum Gasteiger partial charge on any atom is 0.312 e. The Hall–Kier alpha value is -0.980. The van der Waals surface area contributed by atoms with E-state index in [-0.39, 0.29) is 12.5 Å². The quantitative estimate of drug-likeness (QED) is 0.767. The lowest BCUT2D eigenvalue weighted by molar-refractivity contribution is -0.120. The summed E-state index contributed by atoms with van der Waals surface area (Å²) >= 11 is 13.0. The zero-order valence-electron chi connectivity index (χ0n) is 8.76. The first-order valence-corrected chi connectivity index (χ1v) is 6.30. The largest absolute Gasteiger partial charge is 0.354 e. The summed E-state index contributed by atoms with van der Waals surface area (Å²) in [5.74, 6) is -0.304. The van der Waals surface area contributed by atoms with Crippen molar-refractivity contribution in [2.24, 2.45) is 5.73 Å². The topological polar surface area (TPSA) is 84.2 Å². The van der Waals surface area contributed by atoms with Crippen LogP contribution in [0.5, 0.6) is 0 Å². The molecule has 0 spiro atoms. The maximum atomic E-state index is 11.2. The second-order valence-corrected chi connectivity index (χ2v) is 5.45. The minimum atomic E-state index is -0.729. The second-order valence-electron chi connectivity index (χ2n) is 3.17. The van der Waals surface area contributed by atoms with Crippen molar-refractivity contribution in [1.82, 2.24) is 10.6 Å². The molecule has 1 aromatic rings. The molecular formula is C9H11Cl2N3O2S. The van der Waals surface area contributed by atoms with Gasteiger partial charge in [0.1, 0.15) is 0 Å². The number of nitrogens with one attached hydrogen (secondary N) is 2. The number of rotatable bonds is 5. The van der Waals surface area contributed by atoms with Crippen molar-refractivity contribution in [2.45, 2.75) is 6.42 Å². The van der Waals surface area contributed by atoms with Gasteiger partial charge in [0.25, 0.3) is 0 Å². The van der Waals surface area contributed by atoms with Crippen LogP contribution < -0.4 is 16.4 Å². The molecular weight excluding hydrogens is 285 g/mol. The van der Waals surface area contributed by atoms with E-state index in [0.29, 0.717) is 21.6 Å². The van der Waals surface area contributed by atoms with E-state index in [1.807, 2.05) is 0 Å². The molecule has 8 heteroatoms. The molecule has 0 unspecified atom stereocenters. The Morgan fingerprint density at radius 3 is 2.59 bits per heavy atom. The molecule has 0 aliphatic heterocycles. The van der Waals surface area contributed by atoms with Crippen LogP contribution >= 0.6 is 34.5 Å². The zero-order valence-corrected chi connectivity index (χ0v) is 11.1. The number of hydrogen-bond acceptors (Lipinski definition) is 3. The lowest BCUT2D eigenvalue weighted by atomic mass is 10.2. The number of nitrogens with two attached hydrogens (primary N) is 1. The van der Waals surface area contributed by atoms with E-state index in [1.165, 1.54) is 11.3 Å². The van der Waals surface area contributed by atoms with Crippen molar-refractivity contribution < 1.29 is 9.59 Å². The molecule has 0 aliphatic rings. The highest BCUT2D eigenvalue weighted by atomic mass is 35.5. The van der Waals surface area contributed by atoms with Gasteiger partial charge < -0.3 is 16.4 Å². The molecule has 1 heterocycles. The molecule has 0 atom stereocenters. The highest BCUT2D eigenvalue weighted by Gasteiger charge is 2.06. The van der Waals surface area contributed by atoms with E-state index in [9.17, 15) is 9.59 Å². The summed E-state index contributed by atoms with van der Waals surface area (Å²) in [4.78, 5) is 21.5. The molecule has 1 aromatic heterocycles. The molecule has 17 heavy (non-hydrogen) atoms. The Morgan fingerprint density at radius 2 is 2.06 bits per heavy atom. The summed E-state index contributed by atoms with van der Waals surface area (Å²) < 4.78 is 1.24. The summed E-state index contributed by atoms with van der Waals surface area (Å²) in [6.07, 6.45) is 0.588. The molecule has 0 aromatic carbocycles. The summed E-state index contributed by atoms with van der Waals surface area (Å²) in [5.41, 5.74) is 5.72. The smallest absolute Gasteiger partial charge is 0.312 e. The second kappa shape index (κ2) is 6.68. The Bertz CT molecular complexity index is 422. The molecule has 4 N–H and O–H groups in total. The number of carbonyl (C=O) groups excluding carboxylic acids is 2. The van der Waals surface area contributed by atoms with Gasteiger partial charge in [0, 0.05) is 6.54 Å². The molecule has 0 aliphatic carbocycles. The van der Waals surface area contributed by atoms with Gasteiger partial charge in [-0.1, -0.05) is 23.2 Å². The summed E-state index contributed by atoms with van der Waals surface area (Å²) in [6, 6.07) is 1.04. The molecule has 1 rings (SSSR count). The lowest BCUT2D eigenvalue weighted by Crippen LogP contribution is -2.39. The molecule has 0 saturated carbocycles. The number of halogens is 2. The first-order valence-electron chi connectivity index (χ1n) is 4.72. The number of amides is 3. The molecule has 0 bridgehead atoms. The van der Waals surface area contributed by atoms with Crippen LogP contribution in [0.15, 0.2) is 6.07 Å². The average molecular weight is 296 g/mol. The SMILES string of the molecule is NC(=O)NCC(=O)NCCc1cc(Cl)sc1Cl. The predicted molar refractivity (Wildman–Crippen MR) is 68.6 cm³/mol. The van der Waals surface area contributed by atoms with Crippen LogP contribution in [0.1, 0.15) is 5.56 Å². The third-order valence-corrected chi connectivity index (χ3v) is 3.44. The fourth-order valence-corrected chi connectivity index (χ4v) is 2.66. The fraction of sp³-hybridized carbons (Fsp3) is 0.333. The normalized spacial score (nSPS) is 10.0. The lowest BCUT2D eigenvalue weighted by Gasteiger charge is -2.04. The maximum absolute atomic E-state index is 11.2. The summed E-state index contributed by atoms with van der Waals surface area (Å²) in [5, 5.41) is 4.81. The van der Waals surface area contributed by atoms with E-state index in [1.54, 1.807) is 6.07 Å². The third kappa shape index (κ3) is 5.25. The van der Waals surface area contributed by atoms with Crippen LogP contribution in [0.4, 0.5) is 4.79 Å². The highest BCUT2D eigenvalue weighted by Crippen LogP contribution is 2.31. The zero-order chi connectivity index (χ0) is 12.8.